The van der Waals surface area contributed by atoms with Crippen LogP contribution >= 0.6 is 0 Å². The number of aryl methyl sites for hydroxylation is 1. The third-order valence-electron chi connectivity index (χ3n) is 2.83. The van der Waals surface area contributed by atoms with E-state index < -0.39 is 10.0 Å². The lowest BCUT2D eigenvalue weighted by molar-refractivity contribution is 0.575. The van der Waals surface area contributed by atoms with E-state index in [0.29, 0.717) is 17.7 Å². The first-order valence-corrected chi connectivity index (χ1v) is 8.24. The van der Waals surface area contributed by atoms with Crippen LogP contribution in [-0.2, 0) is 23.6 Å². The van der Waals surface area contributed by atoms with Crippen LogP contribution in [-0.4, -0.2) is 61.1 Å². The van der Waals surface area contributed by atoms with Gasteiger partial charge in [-0.25, -0.2) is 18.1 Å². The van der Waals surface area contributed by atoms with E-state index >= 15 is 0 Å². The van der Waals surface area contributed by atoms with Gasteiger partial charge in [-0.3, -0.25) is 0 Å². The zero-order valence-corrected chi connectivity index (χ0v) is 14.5. The van der Waals surface area contributed by atoms with Crippen LogP contribution in [0, 0.1) is 0 Å². The third kappa shape index (κ3) is 4.13. The van der Waals surface area contributed by atoms with E-state index in [9.17, 15) is 8.42 Å². The van der Waals surface area contributed by atoms with Crippen molar-refractivity contribution < 1.29 is 8.42 Å². The number of nitrogens with zero attached hydrogens (tertiary/aromatic N) is 7. The molecule has 2 heterocycles. The maximum Gasteiger partial charge on any atom is 0.259 e. The van der Waals surface area contributed by atoms with Gasteiger partial charge < -0.3 is 14.4 Å². The summed E-state index contributed by atoms with van der Waals surface area (Å²) in [4.78, 5) is 20.0. The minimum Gasteiger partial charge on any atom is -0.347 e. The van der Waals surface area contributed by atoms with Crippen molar-refractivity contribution in [1.29, 1.82) is 0 Å². The lowest BCUT2D eigenvalue weighted by atomic mass is 10.6. The molecule has 0 saturated heterocycles. The fraction of sp³-hybridized carbons (Fsp3) is 0.500. The lowest BCUT2D eigenvalue weighted by Crippen LogP contribution is -2.26. The Labute approximate surface area is 135 Å². The molecule has 2 rings (SSSR count). The highest BCUT2D eigenvalue weighted by atomic mass is 32.2. The second-order valence-corrected chi connectivity index (χ2v) is 7.06. The van der Waals surface area contributed by atoms with Gasteiger partial charge in [-0.2, -0.15) is 15.0 Å². The van der Waals surface area contributed by atoms with Gasteiger partial charge in [-0.05, 0) is 0 Å². The molecular formula is C12H20N8O2S. The fourth-order valence-electron chi connectivity index (χ4n) is 1.64. The molecule has 0 fully saturated rings. The molecule has 23 heavy (non-hydrogen) atoms. The van der Waals surface area contributed by atoms with E-state index in [4.69, 9.17) is 0 Å². The Hall–Kier alpha value is -2.27. The number of rotatable bonds is 6. The van der Waals surface area contributed by atoms with Crippen molar-refractivity contribution in [3.05, 3.63) is 18.3 Å². The van der Waals surface area contributed by atoms with Crippen LogP contribution in [0.2, 0.25) is 0 Å². The number of imidazole rings is 1. The number of aromatic nitrogens is 5. The number of hydrogen-bond acceptors (Lipinski definition) is 8. The highest BCUT2D eigenvalue weighted by Gasteiger charge is 2.18. The minimum absolute atomic E-state index is 0.0466. The van der Waals surface area contributed by atoms with Gasteiger partial charge in [0.1, 0.15) is 0 Å². The van der Waals surface area contributed by atoms with Gasteiger partial charge in [0.25, 0.3) is 10.0 Å². The maximum atomic E-state index is 12.2. The molecule has 0 spiro atoms. The highest BCUT2D eigenvalue weighted by Crippen LogP contribution is 2.11. The quantitative estimate of drug-likeness (QED) is 0.729. The minimum atomic E-state index is -3.71. The molecule has 11 heteroatoms. The molecule has 0 atom stereocenters. The molecule has 0 bridgehead atoms. The highest BCUT2D eigenvalue weighted by molar-refractivity contribution is 7.89. The van der Waals surface area contributed by atoms with Crippen molar-refractivity contribution >= 4 is 21.9 Å². The average molecular weight is 340 g/mol. The summed E-state index contributed by atoms with van der Waals surface area (Å²) in [5.74, 6) is 1.23. The summed E-state index contributed by atoms with van der Waals surface area (Å²) in [5.41, 5.74) is 0. The first kappa shape index (κ1) is 17.1. The van der Waals surface area contributed by atoms with Gasteiger partial charge >= 0.3 is 0 Å². The fourth-order valence-corrected chi connectivity index (χ4v) is 2.59. The smallest absolute Gasteiger partial charge is 0.259 e. The van der Waals surface area contributed by atoms with Crippen LogP contribution in [0.4, 0.5) is 11.9 Å². The van der Waals surface area contributed by atoms with E-state index in [1.807, 2.05) is 0 Å². The summed E-state index contributed by atoms with van der Waals surface area (Å²) >= 11 is 0. The largest absolute Gasteiger partial charge is 0.347 e. The Balaban J connectivity index is 2.23. The molecule has 0 aliphatic rings. The van der Waals surface area contributed by atoms with Crippen molar-refractivity contribution in [2.75, 3.05) is 38.0 Å². The SMILES string of the molecule is CN(C)c1nc(CNS(=O)(=O)c2cn(C)cn2)nc(N(C)C)n1. The molecule has 2 aromatic heterocycles. The molecule has 10 nitrogen and oxygen atoms in total. The summed E-state index contributed by atoms with van der Waals surface area (Å²) < 4.78 is 28.4. The summed E-state index contributed by atoms with van der Waals surface area (Å²) in [5, 5.41) is -0.0466. The zero-order valence-electron chi connectivity index (χ0n) is 13.7. The maximum absolute atomic E-state index is 12.2. The predicted molar refractivity (Wildman–Crippen MR) is 85.7 cm³/mol. The molecule has 0 aliphatic carbocycles. The second-order valence-electron chi connectivity index (χ2n) is 5.34. The van der Waals surface area contributed by atoms with Gasteiger partial charge in [0.15, 0.2) is 10.9 Å². The zero-order chi connectivity index (χ0) is 17.2. The Morgan fingerprint density at radius 1 is 1.09 bits per heavy atom. The van der Waals surface area contributed by atoms with E-state index in [1.165, 1.54) is 12.5 Å². The summed E-state index contributed by atoms with van der Waals surface area (Å²) in [7, 11) is 5.19. The summed E-state index contributed by atoms with van der Waals surface area (Å²) in [6.07, 6.45) is 2.85. The van der Waals surface area contributed by atoms with E-state index in [2.05, 4.69) is 24.7 Å². The topological polar surface area (TPSA) is 109 Å². The van der Waals surface area contributed by atoms with Crippen molar-refractivity contribution in [1.82, 2.24) is 29.2 Å². The van der Waals surface area contributed by atoms with Gasteiger partial charge in [-0.15, -0.1) is 0 Å². The number of sulfonamides is 1. The normalized spacial score (nSPS) is 11.5. The van der Waals surface area contributed by atoms with E-state index in [-0.39, 0.29) is 11.6 Å². The van der Waals surface area contributed by atoms with Crippen LogP contribution in [0.15, 0.2) is 17.6 Å². The monoisotopic (exact) mass is 340 g/mol. The Morgan fingerprint density at radius 3 is 2.09 bits per heavy atom. The van der Waals surface area contributed by atoms with E-state index in [1.54, 1.807) is 49.6 Å². The molecule has 0 radical (unpaired) electrons. The third-order valence-corrected chi connectivity index (χ3v) is 4.12. The Kier molecular flexibility index (Phi) is 4.80. The molecular weight excluding hydrogens is 320 g/mol. The molecule has 0 unspecified atom stereocenters. The molecule has 2 aromatic rings. The van der Waals surface area contributed by atoms with Crippen LogP contribution in [0.1, 0.15) is 5.82 Å². The Morgan fingerprint density at radius 2 is 1.65 bits per heavy atom. The average Bonchev–Trinajstić information content (AvgIpc) is 2.92. The van der Waals surface area contributed by atoms with E-state index in [0.717, 1.165) is 0 Å². The molecule has 126 valence electrons. The Bertz CT molecular complexity index is 758. The molecule has 0 aromatic carbocycles. The van der Waals surface area contributed by atoms with Gasteiger partial charge in [0.2, 0.25) is 11.9 Å². The van der Waals surface area contributed by atoms with Crippen molar-refractivity contribution in [2.24, 2.45) is 7.05 Å². The number of nitrogens with one attached hydrogen (secondary N) is 1. The molecule has 0 saturated carbocycles. The van der Waals surface area contributed by atoms with Crippen LogP contribution in [0.3, 0.4) is 0 Å². The molecule has 1 N–H and O–H groups in total. The summed E-state index contributed by atoms with van der Waals surface area (Å²) in [6, 6.07) is 0. The standard InChI is InChI=1S/C12H20N8O2S/c1-18(2)11-15-9(16-12(17-11)19(3)4)6-14-23(21,22)10-7-20(5)8-13-10/h7-8,14H,6H2,1-5H3. The van der Waals surface area contributed by atoms with Gasteiger partial charge in [-0.1, -0.05) is 0 Å². The molecule has 0 aliphatic heterocycles. The number of anilines is 2. The molecule has 0 amide bonds. The summed E-state index contributed by atoms with van der Waals surface area (Å²) in [6.45, 7) is -0.0525. The van der Waals surface area contributed by atoms with Crippen LogP contribution in [0.5, 0.6) is 0 Å². The predicted octanol–water partition coefficient (Wildman–Crippen LogP) is -0.784. The first-order chi connectivity index (χ1) is 10.7. The van der Waals surface area contributed by atoms with Crippen LogP contribution < -0.4 is 14.5 Å². The van der Waals surface area contributed by atoms with Crippen molar-refractivity contribution in [3.8, 4) is 0 Å². The first-order valence-electron chi connectivity index (χ1n) is 6.76. The van der Waals surface area contributed by atoms with Gasteiger partial charge in [0, 0.05) is 41.4 Å². The van der Waals surface area contributed by atoms with Crippen molar-refractivity contribution in [3.63, 3.8) is 0 Å². The van der Waals surface area contributed by atoms with Gasteiger partial charge in [0.05, 0.1) is 12.9 Å². The van der Waals surface area contributed by atoms with Crippen molar-refractivity contribution in [2.45, 2.75) is 11.6 Å². The second kappa shape index (κ2) is 6.46. The lowest BCUT2D eigenvalue weighted by Gasteiger charge is -2.16. The van der Waals surface area contributed by atoms with Crippen LogP contribution in [0.25, 0.3) is 0 Å². The number of hydrogen-bond donors (Lipinski definition) is 1.